The molecule has 0 amide bonds. The van der Waals surface area contributed by atoms with Crippen molar-refractivity contribution in [1.82, 2.24) is 5.32 Å². The van der Waals surface area contributed by atoms with Crippen LogP contribution in [-0.4, -0.2) is 20.7 Å². The quantitative estimate of drug-likeness (QED) is 0.842. The Morgan fingerprint density at radius 3 is 2.45 bits per heavy atom. The molecule has 0 aliphatic rings. The van der Waals surface area contributed by atoms with Gasteiger partial charge in [0, 0.05) is 12.7 Å². The molecule has 1 heterocycles. The number of methoxy groups -OCH3 is 1. The summed E-state index contributed by atoms with van der Waals surface area (Å²) in [5.41, 5.74) is 1.13. The van der Waals surface area contributed by atoms with Crippen molar-refractivity contribution >= 4 is 5.69 Å². The van der Waals surface area contributed by atoms with Crippen LogP contribution in [0.1, 0.15) is 18.4 Å². The lowest BCUT2D eigenvalue weighted by Gasteiger charge is -2.18. The summed E-state index contributed by atoms with van der Waals surface area (Å²) in [5.74, 6) is 2.81. The smallest absolute Gasteiger partial charge is 0.123 e. The third-order valence-electron chi connectivity index (χ3n) is 3.17. The Morgan fingerprint density at radius 1 is 1.10 bits per heavy atom. The van der Waals surface area contributed by atoms with Crippen LogP contribution in [0.3, 0.4) is 0 Å². The van der Waals surface area contributed by atoms with Gasteiger partial charge in [-0.15, -0.1) is 0 Å². The lowest BCUT2D eigenvalue weighted by Crippen LogP contribution is -2.15. The summed E-state index contributed by atoms with van der Waals surface area (Å²) in [6.07, 6.45) is 0. The molecule has 0 atom stereocenters. The van der Waals surface area contributed by atoms with E-state index in [1.54, 1.807) is 7.11 Å². The van der Waals surface area contributed by atoms with Crippen molar-refractivity contribution in [2.75, 3.05) is 25.6 Å². The number of ether oxygens (including phenoxy) is 1. The number of furan rings is 1. The SMILES string of the molecule is CCNCc1ccc(CN(C)c2ccc(OC)cc2)o1. The molecule has 4 nitrogen and oxygen atoms in total. The van der Waals surface area contributed by atoms with Crippen LogP contribution >= 0.6 is 0 Å². The van der Waals surface area contributed by atoms with Crippen molar-refractivity contribution in [2.45, 2.75) is 20.0 Å². The van der Waals surface area contributed by atoms with Crippen molar-refractivity contribution in [3.8, 4) is 5.75 Å². The van der Waals surface area contributed by atoms with Gasteiger partial charge >= 0.3 is 0 Å². The van der Waals surface area contributed by atoms with Crippen LogP contribution in [0.15, 0.2) is 40.8 Å². The van der Waals surface area contributed by atoms with E-state index in [1.807, 2.05) is 43.4 Å². The van der Waals surface area contributed by atoms with E-state index in [0.717, 1.165) is 42.6 Å². The molecule has 108 valence electrons. The fourth-order valence-electron chi connectivity index (χ4n) is 2.01. The highest BCUT2D eigenvalue weighted by Crippen LogP contribution is 2.20. The van der Waals surface area contributed by atoms with Gasteiger partial charge in [-0.25, -0.2) is 0 Å². The maximum absolute atomic E-state index is 5.79. The Hall–Kier alpha value is -1.94. The standard InChI is InChI=1S/C16H22N2O2/c1-4-17-11-15-9-10-16(20-15)12-18(2)13-5-7-14(19-3)8-6-13/h5-10,17H,4,11-12H2,1-3H3. The van der Waals surface area contributed by atoms with Gasteiger partial charge in [0.1, 0.15) is 17.3 Å². The first kappa shape index (κ1) is 14.5. The van der Waals surface area contributed by atoms with Gasteiger partial charge in [0.15, 0.2) is 0 Å². The highest BCUT2D eigenvalue weighted by molar-refractivity contribution is 5.48. The second kappa shape index (κ2) is 7.01. The van der Waals surface area contributed by atoms with Crippen LogP contribution in [0.4, 0.5) is 5.69 Å². The normalized spacial score (nSPS) is 10.6. The minimum atomic E-state index is 0.748. The average Bonchev–Trinajstić information content (AvgIpc) is 2.92. The van der Waals surface area contributed by atoms with E-state index in [-0.39, 0.29) is 0 Å². The fourth-order valence-corrected chi connectivity index (χ4v) is 2.01. The minimum absolute atomic E-state index is 0.748. The number of hydrogen-bond acceptors (Lipinski definition) is 4. The molecule has 0 bridgehead atoms. The Kier molecular flexibility index (Phi) is 5.07. The Balaban J connectivity index is 1.95. The van der Waals surface area contributed by atoms with Crippen LogP contribution in [-0.2, 0) is 13.1 Å². The Morgan fingerprint density at radius 2 is 1.80 bits per heavy atom. The molecule has 4 heteroatoms. The summed E-state index contributed by atoms with van der Waals surface area (Å²) in [7, 11) is 3.72. The molecular weight excluding hydrogens is 252 g/mol. The van der Waals surface area contributed by atoms with E-state index in [4.69, 9.17) is 9.15 Å². The molecule has 0 aliphatic carbocycles. The first-order valence-corrected chi connectivity index (χ1v) is 6.86. The number of hydrogen-bond donors (Lipinski definition) is 1. The van der Waals surface area contributed by atoms with Crippen LogP contribution in [0.25, 0.3) is 0 Å². The first-order valence-electron chi connectivity index (χ1n) is 6.86. The van der Waals surface area contributed by atoms with E-state index in [2.05, 4.69) is 17.1 Å². The van der Waals surface area contributed by atoms with E-state index < -0.39 is 0 Å². The maximum atomic E-state index is 5.79. The zero-order valence-electron chi connectivity index (χ0n) is 12.3. The summed E-state index contributed by atoms with van der Waals surface area (Å²) in [5, 5.41) is 3.25. The number of benzene rings is 1. The van der Waals surface area contributed by atoms with Crippen LogP contribution < -0.4 is 15.0 Å². The molecule has 0 fully saturated rings. The van der Waals surface area contributed by atoms with Gasteiger partial charge in [0.25, 0.3) is 0 Å². The zero-order valence-corrected chi connectivity index (χ0v) is 12.3. The number of nitrogens with one attached hydrogen (secondary N) is 1. The van der Waals surface area contributed by atoms with Crippen LogP contribution in [0.2, 0.25) is 0 Å². The van der Waals surface area contributed by atoms with Gasteiger partial charge in [-0.1, -0.05) is 6.92 Å². The average molecular weight is 274 g/mol. The van der Waals surface area contributed by atoms with Crippen LogP contribution in [0, 0.1) is 0 Å². The van der Waals surface area contributed by atoms with Gasteiger partial charge < -0.3 is 19.4 Å². The summed E-state index contributed by atoms with van der Waals surface area (Å²) < 4.78 is 11.0. The van der Waals surface area contributed by atoms with E-state index in [1.165, 1.54) is 0 Å². The van der Waals surface area contributed by atoms with Gasteiger partial charge in [0.05, 0.1) is 20.2 Å². The van der Waals surface area contributed by atoms with Gasteiger partial charge in [-0.2, -0.15) is 0 Å². The third-order valence-corrected chi connectivity index (χ3v) is 3.17. The highest BCUT2D eigenvalue weighted by atomic mass is 16.5. The Labute approximate surface area is 120 Å². The molecule has 0 unspecified atom stereocenters. The van der Waals surface area contributed by atoms with E-state index in [9.17, 15) is 0 Å². The number of anilines is 1. The lowest BCUT2D eigenvalue weighted by molar-refractivity contribution is 0.415. The largest absolute Gasteiger partial charge is 0.497 e. The van der Waals surface area contributed by atoms with Crippen molar-refractivity contribution in [3.63, 3.8) is 0 Å². The minimum Gasteiger partial charge on any atom is -0.497 e. The number of nitrogens with zero attached hydrogens (tertiary/aromatic N) is 1. The molecule has 0 aliphatic heterocycles. The predicted octanol–water partition coefficient (Wildman–Crippen LogP) is 3.03. The third kappa shape index (κ3) is 3.78. The van der Waals surface area contributed by atoms with Gasteiger partial charge in [-0.05, 0) is 42.9 Å². The van der Waals surface area contributed by atoms with Crippen molar-refractivity contribution in [1.29, 1.82) is 0 Å². The molecule has 1 aromatic heterocycles. The molecule has 0 radical (unpaired) electrons. The molecule has 0 saturated heterocycles. The highest BCUT2D eigenvalue weighted by Gasteiger charge is 2.06. The summed E-state index contributed by atoms with van der Waals surface area (Å²) in [6.45, 7) is 4.56. The second-order valence-corrected chi connectivity index (χ2v) is 4.70. The first-order chi connectivity index (χ1) is 9.72. The monoisotopic (exact) mass is 274 g/mol. The second-order valence-electron chi connectivity index (χ2n) is 4.70. The summed E-state index contributed by atoms with van der Waals surface area (Å²) in [6, 6.07) is 12.1. The zero-order chi connectivity index (χ0) is 14.4. The van der Waals surface area contributed by atoms with E-state index >= 15 is 0 Å². The van der Waals surface area contributed by atoms with Gasteiger partial charge in [-0.3, -0.25) is 0 Å². The molecule has 0 spiro atoms. The summed E-state index contributed by atoms with van der Waals surface area (Å²) >= 11 is 0. The lowest BCUT2D eigenvalue weighted by atomic mass is 10.2. The molecule has 2 aromatic rings. The van der Waals surface area contributed by atoms with Crippen molar-refractivity contribution in [3.05, 3.63) is 47.9 Å². The number of rotatable bonds is 7. The molecule has 20 heavy (non-hydrogen) atoms. The summed E-state index contributed by atoms with van der Waals surface area (Å²) in [4.78, 5) is 2.15. The molecule has 1 aromatic carbocycles. The molecular formula is C16H22N2O2. The predicted molar refractivity (Wildman–Crippen MR) is 81.2 cm³/mol. The van der Waals surface area contributed by atoms with Crippen LogP contribution in [0.5, 0.6) is 5.75 Å². The van der Waals surface area contributed by atoms with Crippen molar-refractivity contribution in [2.24, 2.45) is 0 Å². The molecule has 1 N–H and O–H groups in total. The van der Waals surface area contributed by atoms with E-state index in [0.29, 0.717) is 0 Å². The molecule has 0 saturated carbocycles. The fraction of sp³-hybridized carbons (Fsp3) is 0.375. The topological polar surface area (TPSA) is 37.6 Å². The molecule has 2 rings (SSSR count). The van der Waals surface area contributed by atoms with Gasteiger partial charge in [0.2, 0.25) is 0 Å². The maximum Gasteiger partial charge on any atom is 0.123 e. The van der Waals surface area contributed by atoms with Crippen molar-refractivity contribution < 1.29 is 9.15 Å². The Bertz CT molecular complexity index is 520.